The molecule has 1 N–H and O–H groups in total. The maximum Gasteiger partial charge on any atom is 0.284 e. The Bertz CT molecular complexity index is 1390. The molecule has 0 radical (unpaired) electrons. The van der Waals surface area contributed by atoms with Crippen LogP contribution in [-0.4, -0.2) is 56.3 Å². The van der Waals surface area contributed by atoms with Crippen molar-refractivity contribution in [2.24, 2.45) is 9.50 Å². The van der Waals surface area contributed by atoms with Gasteiger partial charge in [0.05, 0.1) is 17.2 Å². The minimum absolute atomic E-state index is 0.0216. The van der Waals surface area contributed by atoms with Gasteiger partial charge in [-0.15, -0.1) is 4.40 Å². The molecule has 0 spiro atoms. The Morgan fingerprint density at radius 1 is 0.971 bits per heavy atom. The molecule has 3 aromatic rings. The molecular formula is C25H23Cl2N5O2S. The van der Waals surface area contributed by atoms with Crippen LogP contribution in [0.1, 0.15) is 17.0 Å². The SMILES string of the molecule is CN(C)C(=N)/C(=N\S(=O)(=O)c1ccc(Cl)cc1)N1CC(c2ccccc2)C(c2ccc(Cl)cc2)=N1. The van der Waals surface area contributed by atoms with Gasteiger partial charge in [0, 0.05) is 30.1 Å². The molecule has 1 atom stereocenters. The number of nitrogens with zero attached hydrogens (tertiary/aromatic N) is 4. The van der Waals surface area contributed by atoms with Crippen molar-refractivity contribution >= 4 is 50.6 Å². The van der Waals surface area contributed by atoms with Crippen LogP contribution in [0, 0.1) is 5.41 Å². The van der Waals surface area contributed by atoms with Crippen molar-refractivity contribution in [2.75, 3.05) is 20.6 Å². The van der Waals surface area contributed by atoms with Gasteiger partial charge in [-0.1, -0.05) is 65.7 Å². The van der Waals surface area contributed by atoms with E-state index in [2.05, 4.69) is 4.40 Å². The largest absolute Gasteiger partial charge is 0.360 e. The van der Waals surface area contributed by atoms with Crippen molar-refractivity contribution in [1.82, 2.24) is 9.91 Å². The molecule has 3 aromatic carbocycles. The van der Waals surface area contributed by atoms with E-state index in [-0.39, 0.29) is 22.5 Å². The third kappa shape index (κ3) is 5.56. The number of rotatable bonds is 4. The number of amidine groups is 2. The summed E-state index contributed by atoms with van der Waals surface area (Å²) in [7, 11) is -0.820. The fourth-order valence-electron chi connectivity index (χ4n) is 3.65. The molecule has 1 unspecified atom stereocenters. The molecule has 0 aromatic heterocycles. The standard InChI is InChI=1S/C25H23Cl2N5O2S/c1-31(2)24(28)25(30-35(33,34)21-14-12-20(27)13-15-21)32-16-22(17-6-4-3-5-7-17)23(29-32)18-8-10-19(26)11-9-18/h3-15,22,28H,16H2,1-2H3/b28-24?,30-25+. The van der Waals surface area contributed by atoms with E-state index in [0.29, 0.717) is 16.6 Å². The molecule has 0 saturated heterocycles. The summed E-state index contributed by atoms with van der Waals surface area (Å²) in [6.07, 6.45) is 0. The molecule has 0 bridgehead atoms. The third-order valence-corrected chi connectivity index (χ3v) is 7.26. The Morgan fingerprint density at radius 3 is 2.11 bits per heavy atom. The molecule has 0 amide bonds. The molecule has 7 nitrogen and oxygen atoms in total. The summed E-state index contributed by atoms with van der Waals surface area (Å²) in [5.41, 5.74) is 2.60. The Balaban J connectivity index is 1.82. The normalized spacial score (nSPS) is 16.2. The van der Waals surface area contributed by atoms with Crippen LogP contribution >= 0.6 is 23.2 Å². The van der Waals surface area contributed by atoms with Gasteiger partial charge in [0.1, 0.15) is 0 Å². The van der Waals surface area contributed by atoms with Crippen molar-refractivity contribution in [3.8, 4) is 0 Å². The first-order valence-corrected chi connectivity index (χ1v) is 12.9. The summed E-state index contributed by atoms with van der Waals surface area (Å²) >= 11 is 12.0. The van der Waals surface area contributed by atoms with Gasteiger partial charge in [0.15, 0.2) is 5.84 Å². The first-order chi connectivity index (χ1) is 16.7. The van der Waals surface area contributed by atoms with Gasteiger partial charge in [0.2, 0.25) is 5.84 Å². The van der Waals surface area contributed by atoms with Crippen LogP contribution in [0.5, 0.6) is 0 Å². The fourth-order valence-corrected chi connectivity index (χ4v) is 4.89. The lowest BCUT2D eigenvalue weighted by Crippen LogP contribution is -2.40. The monoisotopic (exact) mass is 527 g/mol. The number of halogens is 2. The van der Waals surface area contributed by atoms with Gasteiger partial charge in [-0.3, -0.25) is 5.41 Å². The van der Waals surface area contributed by atoms with Crippen LogP contribution < -0.4 is 0 Å². The Labute approximate surface area is 214 Å². The van der Waals surface area contributed by atoms with E-state index in [4.69, 9.17) is 33.7 Å². The molecule has 35 heavy (non-hydrogen) atoms. The summed E-state index contributed by atoms with van der Waals surface area (Å²) in [6, 6.07) is 22.9. The van der Waals surface area contributed by atoms with Gasteiger partial charge in [-0.05, 0) is 47.5 Å². The van der Waals surface area contributed by atoms with E-state index < -0.39 is 10.0 Å². The minimum atomic E-state index is -4.13. The van der Waals surface area contributed by atoms with Crippen LogP contribution in [0.2, 0.25) is 10.0 Å². The van der Waals surface area contributed by atoms with Crippen LogP contribution in [0.15, 0.2) is 93.3 Å². The molecule has 1 aliphatic rings. The number of sulfonamides is 1. The Kier molecular flexibility index (Phi) is 7.25. The molecule has 4 rings (SSSR count). The number of hydrazone groups is 1. The molecule has 10 heteroatoms. The first kappa shape index (κ1) is 24.9. The van der Waals surface area contributed by atoms with Crippen molar-refractivity contribution in [1.29, 1.82) is 5.41 Å². The summed E-state index contributed by atoms with van der Waals surface area (Å²) in [6.45, 7) is 0.313. The van der Waals surface area contributed by atoms with Crippen LogP contribution in [0.4, 0.5) is 0 Å². The summed E-state index contributed by atoms with van der Waals surface area (Å²) in [5, 5.41) is 15.9. The number of benzene rings is 3. The second-order valence-electron chi connectivity index (χ2n) is 8.12. The quantitative estimate of drug-likeness (QED) is 0.376. The lowest BCUT2D eigenvalue weighted by Gasteiger charge is -2.22. The van der Waals surface area contributed by atoms with Gasteiger partial charge in [-0.2, -0.15) is 13.5 Å². The molecule has 0 aliphatic carbocycles. The molecule has 1 aliphatic heterocycles. The highest BCUT2D eigenvalue weighted by Gasteiger charge is 2.34. The lowest BCUT2D eigenvalue weighted by molar-refractivity contribution is 0.473. The lowest BCUT2D eigenvalue weighted by atomic mass is 9.91. The maximum atomic E-state index is 13.1. The summed E-state index contributed by atoms with van der Waals surface area (Å²) in [4.78, 5) is 1.47. The molecule has 0 saturated carbocycles. The Hall–Kier alpha value is -3.20. The van der Waals surface area contributed by atoms with Crippen molar-refractivity contribution in [2.45, 2.75) is 10.8 Å². The van der Waals surface area contributed by atoms with E-state index in [0.717, 1.165) is 16.8 Å². The van der Waals surface area contributed by atoms with Gasteiger partial charge in [-0.25, -0.2) is 5.01 Å². The maximum absolute atomic E-state index is 13.1. The smallest absolute Gasteiger partial charge is 0.284 e. The molecular weight excluding hydrogens is 505 g/mol. The number of likely N-dealkylation sites (N-methyl/N-ethyl adjacent to an activating group) is 1. The van der Waals surface area contributed by atoms with Gasteiger partial charge < -0.3 is 4.90 Å². The third-order valence-electron chi connectivity index (χ3n) is 5.48. The summed E-state index contributed by atoms with van der Waals surface area (Å²) < 4.78 is 30.3. The van der Waals surface area contributed by atoms with Crippen LogP contribution in [0.3, 0.4) is 0 Å². The Morgan fingerprint density at radius 2 is 1.54 bits per heavy atom. The zero-order valence-electron chi connectivity index (χ0n) is 19.1. The second kappa shape index (κ2) is 10.2. The number of nitrogens with one attached hydrogen (secondary N) is 1. The first-order valence-electron chi connectivity index (χ1n) is 10.7. The van der Waals surface area contributed by atoms with E-state index in [1.54, 1.807) is 26.2 Å². The molecule has 180 valence electrons. The highest BCUT2D eigenvalue weighted by atomic mass is 35.5. The number of hydrogen-bond acceptors (Lipinski definition) is 4. The van der Waals surface area contributed by atoms with Crippen molar-refractivity contribution in [3.05, 3.63) is 100 Å². The molecule has 0 fully saturated rings. The average Bonchev–Trinajstić information content (AvgIpc) is 3.28. The highest BCUT2D eigenvalue weighted by Crippen LogP contribution is 2.30. The number of hydrogen-bond donors (Lipinski definition) is 1. The topological polar surface area (TPSA) is 89.2 Å². The zero-order valence-corrected chi connectivity index (χ0v) is 21.4. The summed E-state index contributed by atoms with van der Waals surface area (Å²) in [5.74, 6) is -0.332. The predicted molar refractivity (Wildman–Crippen MR) is 141 cm³/mol. The highest BCUT2D eigenvalue weighted by molar-refractivity contribution is 7.90. The second-order valence-corrected chi connectivity index (χ2v) is 10.6. The molecule has 1 heterocycles. The fraction of sp³-hybridized carbons (Fsp3) is 0.160. The van der Waals surface area contributed by atoms with E-state index in [1.165, 1.54) is 34.2 Å². The predicted octanol–water partition coefficient (Wildman–Crippen LogP) is 5.12. The minimum Gasteiger partial charge on any atom is -0.360 e. The van der Waals surface area contributed by atoms with E-state index >= 15 is 0 Å². The van der Waals surface area contributed by atoms with Crippen LogP contribution in [-0.2, 0) is 10.0 Å². The van der Waals surface area contributed by atoms with E-state index in [1.807, 2.05) is 42.5 Å². The van der Waals surface area contributed by atoms with Gasteiger partial charge >= 0.3 is 0 Å². The van der Waals surface area contributed by atoms with E-state index in [9.17, 15) is 8.42 Å². The zero-order chi connectivity index (χ0) is 25.2. The average molecular weight is 528 g/mol. The van der Waals surface area contributed by atoms with Crippen LogP contribution in [0.25, 0.3) is 0 Å². The van der Waals surface area contributed by atoms with Crippen molar-refractivity contribution in [3.63, 3.8) is 0 Å². The van der Waals surface area contributed by atoms with Crippen molar-refractivity contribution < 1.29 is 8.42 Å². The van der Waals surface area contributed by atoms with Gasteiger partial charge in [0.25, 0.3) is 10.0 Å².